The van der Waals surface area contributed by atoms with Crippen LogP contribution in [0, 0.1) is 5.92 Å². The average Bonchev–Trinajstić information content (AvgIpc) is 2.22. The minimum atomic E-state index is -1.34. The second-order valence-corrected chi connectivity index (χ2v) is 5.97. The monoisotopic (exact) mass is 245 g/mol. The third kappa shape index (κ3) is 2.39. The number of aliphatic hydroxyl groups is 1. The lowest BCUT2D eigenvalue weighted by Crippen LogP contribution is -2.63. The number of hydrogen-bond acceptors (Lipinski definition) is 3. The van der Waals surface area contributed by atoms with Gasteiger partial charge in [-0.3, -0.25) is 0 Å². The molecule has 0 aromatic carbocycles. The first-order chi connectivity index (χ1) is 7.79. The van der Waals surface area contributed by atoms with Gasteiger partial charge in [-0.25, -0.2) is 9.18 Å². The number of carbonyl (C=O) groups is 1. The van der Waals surface area contributed by atoms with E-state index in [4.69, 9.17) is 4.74 Å². The Kier molecular flexibility index (Phi) is 3.06. The van der Waals surface area contributed by atoms with E-state index >= 15 is 0 Å². The lowest BCUT2D eigenvalue weighted by molar-refractivity contribution is -0.107. The largest absolute Gasteiger partial charge is 0.444 e. The number of fused-ring (bicyclic) bond motifs is 3. The van der Waals surface area contributed by atoms with Crippen molar-refractivity contribution < 1.29 is 19.0 Å². The van der Waals surface area contributed by atoms with Crippen LogP contribution in [0.1, 0.15) is 33.6 Å². The highest BCUT2D eigenvalue weighted by Gasteiger charge is 2.49. The molecule has 3 rings (SSSR count). The number of carbonyl (C=O) groups excluding carboxylic acids is 1. The molecule has 4 atom stereocenters. The minimum Gasteiger partial charge on any atom is -0.444 e. The molecule has 98 valence electrons. The molecular formula is C12H20FNO3. The number of amides is 1. The topological polar surface area (TPSA) is 49.8 Å². The van der Waals surface area contributed by atoms with Crippen molar-refractivity contribution in [2.75, 3.05) is 6.54 Å². The minimum absolute atomic E-state index is 0.150. The number of halogens is 1. The highest BCUT2D eigenvalue weighted by Crippen LogP contribution is 2.37. The van der Waals surface area contributed by atoms with Crippen LogP contribution in [0.2, 0.25) is 0 Å². The van der Waals surface area contributed by atoms with Crippen molar-refractivity contribution in [1.82, 2.24) is 4.90 Å². The normalized spacial score (nSPS) is 37.1. The number of nitrogens with zero attached hydrogens (tertiary/aromatic N) is 1. The van der Waals surface area contributed by atoms with Crippen LogP contribution in [-0.2, 0) is 4.74 Å². The molecule has 0 aromatic rings. The van der Waals surface area contributed by atoms with E-state index < -0.39 is 30.0 Å². The number of ether oxygens (including phenoxy) is 1. The first-order valence-corrected chi connectivity index (χ1v) is 6.11. The van der Waals surface area contributed by atoms with E-state index in [0.717, 1.165) is 6.42 Å². The standard InChI is InChI=1S/C12H20FNO3/c1-12(2,3)17-11(16)14-6-7-4-5-8(14)9(13)10(7)15/h7-10,15H,4-6H2,1-3H3/t7?,8?,9-,10+/m0/s1. The average molecular weight is 245 g/mol. The molecule has 0 aromatic heterocycles. The van der Waals surface area contributed by atoms with Crippen LogP contribution in [0.5, 0.6) is 0 Å². The van der Waals surface area contributed by atoms with Crippen molar-refractivity contribution in [1.29, 1.82) is 0 Å². The van der Waals surface area contributed by atoms with Crippen molar-refractivity contribution in [3.8, 4) is 0 Å². The molecular weight excluding hydrogens is 225 g/mol. The summed E-state index contributed by atoms with van der Waals surface area (Å²) in [6, 6.07) is -0.523. The summed E-state index contributed by atoms with van der Waals surface area (Å²) in [7, 11) is 0. The Hall–Kier alpha value is -0.840. The predicted molar refractivity (Wildman–Crippen MR) is 60.4 cm³/mol. The smallest absolute Gasteiger partial charge is 0.410 e. The molecule has 1 amide bonds. The molecule has 5 heteroatoms. The third-order valence-corrected chi connectivity index (χ3v) is 3.47. The summed E-state index contributed by atoms with van der Waals surface area (Å²) in [5.74, 6) is -0.150. The zero-order valence-corrected chi connectivity index (χ0v) is 10.5. The molecule has 3 aliphatic rings. The van der Waals surface area contributed by atoms with Crippen LogP contribution in [0.4, 0.5) is 9.18 Å². The van der Waals surface area contributed by atoms with Gasteiger partial charge in [-0.15, -0.1) is 0 Å². The Morgan fingerprint density at radius 3 is 2.59 bits per heavy atom. The SMILES string of the molecule is CC(C)(C)OC(=O)N1CC2CCC1[C@H](F)[C@@H]2O. The molecule has 1 saturated carbocycles. The van der Waals surface area contributed by atoms with Crippen molar-refractivity contribution in [2.24, 2.45) is 5.92 Å². The number of rotatable bonds is 0. The van der Waals surface area contributed by atoms with E-state index in [0.29, 0.717) is 13.0 Å². The molecule has 2 unspecified atom stereocenters. The van der Waals surface area contributed by atoms with Gasteiger partial charge >= 0.3 is 6.09 Å². The summed E-state index contributed by atoms with van der Waals surface area (Å²) in [6.07, 6.45) is -1.34. The molecule has 2 aliphatic heterocycles. The number of piperidine rings is 2. The van der Waals surface area contributed by atoms with Crippen LogP contribution in [0.25, 0.3) is 0 Å². The zero-order chi connectivity index (χ0) is 12.8. The van der Waals surface area contributed by atoms with Crippen molar-refractivity contribution in [2.45, 2.75) is 57.5 Å². The summed E-state index contributed by atoms with van der Waals surface area (Å²) in [5.41, 5.74) is -0.571. The molecule has 17 heavy (non-hydrogen) atoms. The van der Waals surface area contributed by atoms with Crippen molar-refractivity contribution in [3.05, 3.63) is 0 Å². The summed E-state index contributed by atoms with van der Waals surface area (Å²) in [4.78, 5) is 13.4. The van der Waals surface area contributed by atoms with Gasteiger partial charge in [-0.05, 0) is 33.6 Å². The molecule has 2 heterocycles. The Balaban J connectivity index is 2.06. The van der Waals surface area contributed by atoms with Crippen LogP contribution in [0.15, 0.2) is 0 Å². The Labute approximate surface area is 101 Å². The highest BCUT2D eigenvalue weighted by molar-refractivity contribution is 5.69. The van der Waals surface area contributed by atoms with Gasteiger partial charge in [0.25, 0.3) is 0 Å². The van der Waals surface area contributed by atoms with Crippen molar-refractivity contribution >= 4 is 6.09 Å². The van der Waals surface area contributed by atoms with Crippen molar-refractivity contribution in [3.63, 3.8) is 0 Å². The lowest BCUT2D eigenvalue weighted by Gasteiger charge is -2.49. The fourth-order valence-electron chi connectivity index (χ4n) is 2.65. The first-order valence-electron chi connectivity index (χ1n) is 6.11. The van der Waals surface area contributed by atoms with Crippen LogP contribution < -0.4 is 0 Å². The maximum atomic E-state index is 13.8. The second-order valence-electron chi connectivity index (χ2n) is 5.97. The zero-order valence-electron chi connectivity index (χ0n) is 10.5. The van der Waals surface area contributed by atoms with Crippen LogP contribution in [0.3, 0.4) is 0 Å². The molecule has 0 spiro atoms. The molecule has 1 aliphatic carbocycles. The predicted octanol–water partition coefficient (Wildman–Crippen LogP) is 1.71. The van der Waals surface area contributed by atoms with E-state index in [1.807, 2.05) is 0 Å². The Morgan fingerprint density at radius 1 is 1.41 bits per heavy atom. The Bertz CT molecular complexity index is 313. The molecule has 3 fully saturated rings. The first kappa shape index (κ1) is 12.6. The Morgan fingerprint density at radius 2 is 2.06 bits per heavy atom. The number of aliphatic hydroxyl groups excluding tert-OH is 1. The van der Waals surface area contributed by atoms with E-state index in [1.165, 1.54) is 4.90 Å². The van der Waals surface area contributed by atoms with Gasteiger partial charge in [0.05, 0.1) is 12.1 Å². The molecule has 0 radical (unpaired) electrons. The van der Waals surface area contributed by atoms with Crippen LogP contribution >= 0.6 is 0 Å². The maximum absolute atomic E-state index is 13.8. The van der Waals surface area contributed by atoms with Gasteiger partial charge in [0.1, 0.15) is 11.8 Å². The fraction of sp³-hybridized carbons (Fsp3) is 0.917. The molecule has 1 N–H and O–H groups in total. The van der Waals surface area contributed by atoms with Gasteiger partial charge in [0.2, 0.25) is 0 Å². The fourth-order valence-corrected chi connectivity index (χ4v) is 2.65. The van der Waals surface area contributed by atoms with Gasteiger partial charge < -0.3 is 14.7 Å². The summed E-state index contributed by atoms with van der Waals surface area (Å²) < 4.78 is 19.1. The quantitative estimate of drug-likeness (QED) is 0.707. The van der Waals surface area contributed by atoms with Gasteiger partial charge in [0.15, 0.2) is 0 Å². The van der Waals surface area contributed by atoms with Gasteiger partial charge in [0, 0.05) is 12.5 Å². The molecule has 4 nitrogen and oxygen atoms in total. The van der Waals surface area contributed by atoms with Gasteiger partial charge in [-0.1, -0.05) is 0 Å². The number of alkyl halides is 1. The molecule has 2 bridgehead atoms. The van der Waals surface area contributed by atoms with E-state index in [2.05, 4.69) is 0 Å². The van der Waals surface area contributed by atoms with Gasteiger partial charge in [-0.2, -0.15) is 0 Å². The van der Waals surface area contributed by atoms with E-state index in [-0.39, 0.29) is 5.92 Å². The molecule has 2 saturated heterocycles. The van der Waals surface area contributed by atoms with E-state index in [1.54, 1.807) is 20.8 Å². The lowest BCUT2D eigenvalue weighted by atomic mass is 9.76. The third-order valence-electron chi connectivity index (χ3n) is 3.47. The number of hydrogen-bond donors (Lipinski definition) is 1. The highest BCUT2D eigenvalue weighted by atomic mass is 19.1. The summed E-state index contributed by atoms with van der Waals surface area (Å²) >= 11 is 0. The summed E-state index contributed by atoms with van der Waals surface area (Å²) in [6.45, 7) is 5.76. The second kappa shape index (κ2) is 4.12. The summed E-state index contributed by atoms with van der Waals surface area (Å²) in [5, 5.41) is 9.65. The van der Waals surface area contributed by atoms with Crippen LogP contribution in [-0.4, -0.2) is 46.6 Å². The van der Waals surface area contributed by atoms with E-state index in [9.17, 15) is 14.3 Å². The maximum Gasteiger partial charge on any atom is 0.410 e.